The molecule has 116 valence electrons. The highest BCUT2D eigenvalue weighted by molar-refractivity contribution is 7.09. The zero-order valence-electron chi connectivity index (χ0n) is 12.2. The van der Waals surface area contributed by atoms with Gasteiger partial charge in [0.05, 0.1) is 0 Å². The Morgan fingerprint density at radius 3 is 2.95 bits per heavy atom. The van der Waals surface area contributed by atoms with Gasteiger partial charge in [0.1, 0.15) is 6.04 Å². The molecule has 0 bridgehead atoms. The van der Waals surface area contributed by atoms with Gasteiger partial charge in [0, 0.05) is 23.9 Å². The summed E-state index contributed by atoms with van der Waals surface area (Å²) in [5.41, 5.74) is 0. The van der Waals surface area contributed by atoms with Crippen LogP contribution in [0.15, 0.2) is 17.5 Å². The van der Waals surface area contributed by atoms with E-state index in [1.807, 2.05) is 24.4 Å². The molecule has 0 radical (unpaired) electrons. The lowest BCUT2D eigenvalue weighted by atomic mass is 10.1. The van der Waals surface area contributed by atoms with Crippen molar-refractivity contribution >= 4 is 23.3 Å². The molecular weight excluding hydrogens is 288 g/mol. The van der Waals surface area contributed by atoms with Gasteiger partial charge < -0.3 is 15.3 Å². The molecule has 6 heteroatoms. The number of thiophene rings is 1. The van der Waals surface area contributed by atoms with Gasteiger partial charge in [-0.2, -0.15) is 0 Å². The Kier molecular flexibility index (Phi) is 5.61. The second kappa shape index (κ2) is 7.45. The van der Waals surface area contributed by atoms with Crippen molar-refractivity contribution in [1.29, 1.82) is 0 Å². The van der Waals surface area contributed by atoms with Crippen molar-refractivity contribution in [3.63, 3.8) is 0 Å². The van der Waals surface area contributed by atoms with Crippen LogP contribution < -0.4 is 5.32 Å². The van der Waals surface area contributed by atoms with E-state index in [0.717, 1.165) is 25.7 Å². The van der Waals surface area contributed by atoms with Crippen LogP contribution in [-0.4, -0.2) is 40.6 Å². The number of aliphatic carboxylic acids is 1. The standard InChI is InChI=1S/C15H22N2O3S/c1-11(10-12-6-5-9-21-12)16-15(20)17-8-4-2-3-7-13(17)14(18)19/h5-6,9,11,13H,2-4,7-8,10H2,1H3,(H,16,20)(H,18,19). The second-order valence-corrected chi connectivity index (χ2v) is 6.56. The van der Waals surface area contributed by atoms with Crippen molar-refractivity contribution in [3.8, 4) is 0 Å². The Morgan fingerprint density at radius 1 is 1.48 bits per heavy atom. The van der Waals surface area contributed by atoms with Gasteiger partial charge in [-0.05, 0) is 31.2 Å². The van der Waals surface area contributed by atoms with E-state index in [1.54, 1.807) is 11.3 Å². The molecule has 21 heavy (non-hydrogen) atoms. The molecule has 0 spiro atoms. The fourth-order valence-corrected chi connectivity index (χ4v) is 3.52. The topological polar surface area (TPSA) is 69.6 Å². The summed E-state index contributed by atoms with van der Waals surface area (Å²) in [7, 11) is 0. The molecular formula is C15H22N2O3S. The van der Waals surface area contributed by atoms with Gasteiger partial charge in [-0.3, -0.25) is 0 Å². The molecule has 2 amide bonds. The first-order chi connectivity index (χ1) is 10.1. The summed E-state index contributed by atoms with van der Waals surface area (Å²) in [5.74, 6) is -0.905. The minimum Gasteiger partial charge on any atom is -0.480 e. The van der Waals surface area contributed by atoms with Crippen molar-refractivity contribution in [2.24, 2.45) is 0 Å². The first-order valence-corrected chi connectivity index (χ1v) is 8.28. The van der Waals surface area contributed by atoms with E-state index in [4.69, 9.17) is 0 Å². The molecule has 2 unspecified atom stereocenters. The van der Waals surface area contributed by atoms with Crippen LogP contribution >= 0.6 is 11.3 Å². The summed E-state index contributed by atoms with van der Waals surface area (Å²) in [6.45, 7) is 2.47. The van der Waals surface area contributed by atoms with Crippen LogP contribution in [0.5, 0.6) is 0 Å². The monoisotopic (exact) mass is 310 g/mol. The van der Waals surface area contributed by atoms with Crippen LogP contribution in [0.2, 0.25) is 0 Å². The first-order valence-electron chi connectivity index (χ1n) is 7.40. The number of nitrogens with one attached hydrogen (secondary N) is 1. The fourth-order valence-electron chi connectivity index (χ4n) is 2.68. The lowest BCUT2D eigenvalue weighted by molar-refractivity contribution is -0.142. The Labute approximate surface area is 129 Å². The zero-order valence-corrected chi connectivity index (χ0v) is 13.1. The number of carboxylic acid groups (broad SMARTS) is 1. The molecule has 0 aliphatic carbocycles. The third-order valence-electron chi connectivity index (χ3n) is 3.76. The van der Waals surface area contributed by atoms with Gasteiger partial charge in [-0.25, -0.2) is 9.59 Å². The van der Waals surface area contributed by atoms with Crippen LogP contribution in [0.3, 0.4) is 0 Å². The largest absolute Gasteiger partial charge is 0.480 e. The highest BCUT2D eigenvalue weighted by Gasteiger charge is 2.31. The van der Waals surface area contributed by atoms with Gasteiger partial charge in [0.25, 0.3) is 0 Å². The van der Waals surface area contributed by atoms with Crippen LogP contribution in [0, 0.1) is 0 Å². The summed E-state index contributed by atoms with van der Waals surface area (Å²) in [4.78, 5) is 26.4. The maximum Gasteiger partial charge on any atom is 0.326 e. The average Bonchev–Trinajstić information content (AvgIpc) is 2.79. The molecule has 5 nitrogen and oxygen atoms in total. The van der Waals surface area contributed by atoms with Gasteiger partial charge in [0.15, 0.2) is 0 Å². The van der Waals surface area contributed by atoms with Crippen molar-refractivity contribution in [2.45, 2.75) is 51.1 Å². The third kappa shape index (κ3) is 4.46. The van der Waals surface area contributed by atoms with Crippen molar-refractivity contribution in [2.75, 3.05) is 6.54 Å². The SMILES string of the molecule is CC(Cc1cccs1)NC(=O)N1CCCCCC1C(=O)O. The summed E-state index contributed by atoms with van der Waals surface area (Å²) in [6.07, 6.45) is 4.04. The molecule has 1 aliphatic rings. The molecule has 1 fully saturated rings. The van der Waals surface area contributed by atoms with Crippen molar-refractivity contribution < 1.29 is 14.7 Å². The van der Waals surface area contributed by atoms with Crippen LogP contribution in [0.4, 0.5) is 4.79 Å². The van der Waals surface area contributed by atoms with Crippen molar-refractivity contribution in [1.82, 2.24) is 10.2 Å². The number of nitrogens with zero attached hydrogens (tertiary/aromatic N) is 1. The van der Waals surface area contributed by atoms with Crippen LogP contribution in [-0.2, 0) is 11.2 Å². The van der Waals surface area contributed by atoms with E-state index in [1.165, 1.54) is 9.78 Å². The Bertz CT molecular complexity index is 475. The normalized spacial score (nSPS) is 20.6. The van der Waals surface area contributed by atoms with Crippen LogP contribution in [0.25, 0.3) is 0 Å². The molecule has 2 rings (SSSR count). The summed E-state index contributed by atoms with van der Waals surface area (Å²) >= 11 is 1.66. The third-order valence-corrected chi connectivity index (χ3v) is 4.65. The quantitative estimate of drug-likeness (QED) is 0.898. The molecule has 2 atom stereocenters. The second-order valence-electron chi connectivity index (χ2n) is 5.53. The molecule has 1 aromatic rings. The predicted octanol–water partition coefficient (Wildman–Crippen LogP) is 2.72. The Balaban J connectivity index is 1.94. The van der Waals surface area contributed by atoms with Crippen molar-refractivity contribution in [3.05, 3.63) is 22.4 Å². The fraction of sp³-hybridized carbons (Fsp3) is 0.600. The summed E-state index contributed by atoms with van der Waals surface area (Å²) in [6, 6.07) is 3.08. The molecule has 1 aromatic heterocycles. The number of carbonyl (C=O) groups excluding carboxylic acids is 1. The maximum absolute atomic E-state index is 12.4. The zero-order chi connectivity index (χ0) is 15.2. The first kappa shape index (κ1) is 15.8. The van der Waals surface area contributed by atoms with Crippen LogP contribution in [0.1, 0.15) is 37.5 Å². The molecule has 0 aromatic carbocycles. The van der Waals surface area contributed by atoms with E-state index in [-0.39, 0.29) is 12.1 Å². The molecule has 2 heterocycles. The van der Waals surface area contributed by atoms with E-state index in [2.05, 4.69) is 5.32 Å². The van der Waals surface area contributed by atoms with Gasteiger partial charge in [0.2, 0.25) is 0 Å². The van der Waals surface area contributed by atoms with Gasteiger partial charge in [-0.15, -0.1) is 11.3 Å². The maximum atomic E-state index is 12.4. The van der Waals surface area contributed by atoms with Gasteiger partial charge in [-0.1, -0.05) is 18.9 Å². The lowest BCUT2D eigenvalue weighted by Crippen LogP contribution is -2.51. The number of hydrogen-bond acceptors (Lipinski definition) is 3. The number of urea groups is 1. The van der Waals surface area contributed by atoms with E-state index in [9.17, 15) is 14.7 Å². The number of rotatable bonds is 4. The average molecular weight is 310 g/mol. The van der Waals surface area contributed by atoms with E-state index in [0.29, 0.717) is 13.0 Å². The Morgan fingerprint density at radius 2 is 2.29 bits per heavy atom. The summed E-state index contributed by atoms with van der Waals surface area (Å²) < 4.78 is 0. The Hall–Kier alpha value is -1.56. The molecule has 1 saturated heterocycles. The highest BCUT2D eigenvalue weighted by atomic mass is 32.1. The number of carbonyl (C=O) groups is 2. The molecule has 2 N–H and O–H groups in total. The smallest absolute Gasteiger partial charge is 0.326 e. The summed E-state index contributed by atoms with van der Waals surface area (Å²) in [5, 5.41) is 14.2. The van der Waals surface area contributed by atoms with Gasteiger partial charge >= 0.3 is 12.0 Å². The number of amides is 2. The minimum atomic E-state index is -0.905. The lowest BCUT2D eigenvalue weighted by Gasteiger charge is -2.28. The minimum absolute atomic E-state index is 0.00570. The van der Waals surface area contributed by atoms with E-state index < -0.39 is 12.0 Å². The predicted molar refractivity (Wildman–Crippen MR) is 82.6 cm³/mol. The number of hydrogen-bond donors (Lipinski definition) is 2. The number of likely N-dealkylation sites (tertiary alicyclic amines) is 1. The molecule has 0 saturated carbocycles. The highest BCUT2D eigenvalue weighted by Crippen LogP contribution is 2.18. The molecule has 1 aliphatic heterocycles. The number of carboxylic acids is 1. The van der Waals surface area contributed by atoms with E-state index >= 15 is 0 Å².